The van der Waals surface area contributed by atoms with Crippen molar-refractivity contribution < 1.29 is 0 Å². The third-order valence-corrected chi connectivity index (χ3v) is 4.54. The normalized spacial score (nSPS) is 15.4. The predicted octanol–water partition coefficient (Wildman–Crippen LogP) is 0.128. The van der Waals surface area contributed by atoms with E-state index in [2.05, 4.69) is 40.0 Å². The Kier molecular flexibility index (Phi) is 3.02. The first kappa shape index (κ1) is 14.1. The number of fused-ring (bicyclic) bond motifs is 2. The molecule has 0 aromatic carbocycles. The molecule has 4 aromatic rings. The maximum atomic E-state index is 4.57. The molecular formula is C15H16N10. The summed E-state index contributed by atoms with van der Waals surface area (Å²) in [6, 6.07) is 3.93. The van der Waals surface area contributed by atoms with Gasteiger partial charge in [-0.1, -0.05) is 0 Å². The minimum Gasteiger partial charge on any atom is -0.352 e. The van der Waals surface area contributed by atoms with Crippen LogP contribution in [0.25, 0.3) is 16.8 Å². The lowest BCUT2D eigenvalue weighted by atomic mass is 10.3. The molecule has 25 heavy (non-hydrogen) atoms. The van der Waals surface area contributed by atoms with Crippen molar-refractivity contribution in [2.24, 2.45) is 7.05 Å². The third-order valence-electron chi connectivity index (χ3n) is 4.54. The highest BCUT2D eigenvalue weighted by Crippen LogP contribution is 2.23. The summed E-state index contributed by atoms with van der Waals surface area (Å²) in [4.78, 5) is 17.6. The van der Waals surface area contributed by atoms with Crippen LogP contribution < -0.4 is 9.80 Å². The van der Waals surface area contributed by atoms with Crippen molar-refractivity contribution in [3.05, 3.63) is 31.1 Å². The van der Waals surface area contributed by atoms with Gasteiger partial charge in [0.15, 0.2) is 17.1 Å². The molecule has 0 amide bonds. The minimum absolute atomic E-state index is 0.731. The second-order valence-electron chi connectivity index (χ2n) is 6.02. The van der Waals surface area contributed by atoms with Crippen molar-refractivity contribution in [3.8, 4) is 0 Å². The Morgan fingerprint density at radius 1 is 0.920 bits per heavy atom. The van der Waals surface area contributed by atoms with Crippen molar-refractivity contribution in [3.63, 3.8) is 0 Å². The van der Waals surface area contributed by atoms with E-state index in [4.69, 9.17) is 0 Å². The molecule has 0 spiro atoms. The highest BCUT2D eigenvalue weighted by atomic mass is 15.4. The maximum Gasteiger partial charge on any atom is 0.182 e. The van der Waals surface area contributed by atoms with Crippen molar-refractivity contribution in [2.45, 2.75) is 0 Å². The van der Waals surface area contributed by atoms with E-state index >= 15 is 0 Å². The zero-order valence-electron chi connectivity index (χ0n) is 13.7. The van der Waals surface area contributed by atoms with Crippen LogP contribution in [0, 0.1) is 0 Å². The van der Waals surface area contributed by atoms with Gasteiger partial charge in [-0.2, -0.15) is 4.52 Å². The van der Waals surface area contributed by atoms with E-state index in [9.17, 15) is 0 Å². The van der Waals surface area contributed by atoms with Crippen LogP contribution in [0.1, 0.15) is 0 Å². The van der Waals surface area contributed by atoms with Crippen LogP contribution in [0.3, 0.4) is 0 Å². The van der Waals surface area contributed by atoms with Gasteiger partial charge in [0.25, 0.3) is 0 Å². The maximum absolute atomic E-state index is 4.57. The molecular weight excluding hydrogens is 320 g/mol. The fourth-order valence-electron chi connectivity index (χ4n) is 3.24. The molecule has 0 aliphatic carbocycles. The van der Waals surface area contributed by atoms with E-state index in [0.29, 0.717) is 0 Å². The van der Waals surface area contributed by atoms with Crippen LogP contribution in [0.2, 0.25) is 0 Å². The van der Waals surface area contributed by atoms with Crippen LogP contribution in [0.15, 0.2) is 31.1 Å². The molecule has 5 rings (SSSR count). The molecule has 5 heterocycles. The number of aryl methyl sites for hydroxylation is 1. The summed E-state index contributed by atoms with van der Waals surface area (Å²) in [6.07, 6.45) is 4.98. The average molecular weight is 336 g/mol. The average Bonchev–Trinajstić information content (AvgIpc) is 3.28. The number of nitrogens with zero attached hydrogens (tertiary/aromatic N) is 10. The summed E-state index contributed by atoms with van der Waals surface area (Å²) < 4.78 is 3.67. The van der Waals surface area contributed by atoms with Gasteiger partial charge in [0, 0.05) is 33.2 Å². The van der Waals surface area contributed by atoms with E-state index in [-0.39, 0.29) is 0 Å². The molecule has 0 unspecified atom stereocenters. The van der Waals surface area contributed by atoms with Crippen LogP contribution in [0.5, 0.6) is 0 Å². The lowest BCUT2D eigenvalue weighted by Crippen LogP contribution is -2.47. The molecule has 0 N–H and O–H groups in total. The zero-order valence-corrected chi connectivity index (χ0v) is 13.7. The van der Waals surface area contributed by atoms with Gasteiger partial charge < -0.3 is 14.4 Å². The van der Waals surface area contributed by atoms with E-state index in [1.54, 1.807) is 23.5 Å². The quantitative estimate of drug-likeness (QED) is 0.510. The topological polar surface area (TPSA) is 93.2 Å². The van der Waals surface area contributed by atoms with Gasteiger partial charge in [0.1, 0.15) is 24.0 Å². The number of hydrogen-bond acceptors (Lipinski definition) is 8. The van der Waals surface area contributed by atoms with Gasteiger partial charge in [-0.25, -0.2) is 15.0 Å². The first-order valence-electron chi connectivity index (χ1n) is 8.08. The van der Waals surface area contributed by atoms with E-state index in [1.165, 1.54) is 0 Å². The second-order valence-corrected chi connectivity index (χ2v) is 6.02. The number of rotatable bonds is 2. The van der Waals surface area contributed by atoms with Gasteiger partial charge in [-0.3, -0.25) is 0 Å². The summed E-state index contributed by atoms with van der Waals surface area (Å²) in [5.74, 6) is 1.87. The molecule has 1 fully saturated rings. The minimum atomic E-state index is 0.731. The molecule has 4 aromatic heterocycles. The third kappa shape index (κ3) is 2.25. The molecule has 1 aliphatic heterocycles. The highest BCUT2D eigenvalue weighted by molar-refractivity contribution is 5.83. The highest BCUT2D eigenvalue weighted by Gasteiger charge is 2.22. The standard InChI is InChI=1S/C15H16N10/c1-22-9-18-14-13(22)15(17-8-16-14)24-6-4-23(5-7-24)12-3-2-11-20-19-10-25(11)21-12/h2-3,8-10H,4-7H2,1H3. The lowest BCUT2D eigenvalue weighted by Gasteiger charge is -2.36. The smallest absolute Gasteiger partial charge is 0.182 e. The molecule has 10 nitrogen and oxygen atoms in total. The Bertz CT molecular complexity index is 1040. The van der Waals surface area contributed by atoms with E-state index in [0.717, 1.165) is 54.6 Å². The summed E-state index contributed by atoms with van der Waals surface area (Å²) in [7, 11) is 1.97. The Morgan fingerprint density at radius 2 is 1.76 bits per heavy atom. The van der Waals surface area contributed by atoms with Crippen molar-refractivity contribution in [1.29, 1.82) is 0 Å². The molecule has 0 saturated carbocycles. The van der Waals surface area contributed by atoms with Crippen molar-refractivity contribution in [2.75, 3.05) is 36.0 Å². The van der Waals surface area contributed by atoms with Crippen LogP contribution in [-0.2, 0) is 7.05 Å². The molecule has 0 radical (unpaired) electrons. The van der Waals surface area contributed by atoms with Crippen molar-refractivity contribution >= 4 is 28.4 Å². The first-order chi connectivity index (χ1) is 12.3. The van der Waals surface area contributed by atoms with Gasteiger partial charge in [0.2, 0.25) is 0 Å². The fourth-order valence-corrected chi connectivity index (χ4v) is 3.24. The number of hydrogen-bond donors (Lipinski definition) is 0. The van der Waals surface area contributed by atoms with Crippen LogP contribution in [-0.4, -0.2) is 65.5 Å². The Balaban J connectivity index is 1.39. The molecule has 10 heteroatoms. The van der Waals surface area contributed by atoms with E-state index < -0.39 is 0 Å². The van der Waals surface area contributed by atoms with Gasteiger partial charge in [0.05, 0.1) is 6.33 Å². The van der Waals surface area contributed by atoms with Crippen molar-refractivity contribution in [1.82, 2.24) is 39.3 Å². The Hall–Kier alpha value is -3.30. The van der Waals surface area contributed by atoms with Gasteiger partial charge in [-0.15, -0.1) is 15.3 Å². The van der Waals surface area contributed by atoms with E-state index in [1.807, 2.05) is 23.7 Å². The molecule has 0 bridgehead atoms. The first-order valence-corrected chi connectivity index (χ1v) is 8.08. The van der Waals surface area contributed by atoms with Crippen LogP contribution >= 0.6 is 0 Å². The number of piperazine rings is 1. The number of anilines is 2. The number of aromatic nitrogens is 8. The fraction of sp³-hybridized carbons (Fsp3) is 0.333. The molecule has 0 atom stereocenters. The van der Waals surface area contributed by atoms with Crippen LogP contribution in [0.4, 0.5) is 11.6 Å². The molecule has 1 aliphatic rings. The summed E-state index contributed by atoms with van der Waals surface area (Å²) in [6.45, 7) is 3.45. The summed E-state index contributed by atoms with van der Waals surface area (Å²) in [5.41, 5.74) is 2.46. The van der Waals surface area contributed by atoms with Gasteiger partial charge >= 0.3 is 0 Å². The Morgan fingerprint density at radius 3 is 2.64 bits per heavy atom. The zero-order chi connectivity index (χ0) is 16.8. The molecule has 126 valence electrons. The predicted molar refractivity (Wildman–Crippen MR) is 91.5 cm³/mol. The molecule has 1 saturated heterocycles. The lowest BCUT2D eigenvalue weighted by molar-refractivity contribution is 0.636. The summed E-state index contributed by atoms with van der Waals surface area (Å²) >= 11 is 0. The second kappa shape index (κ2) is 5.36. The Labute approximate surface area is 142 Å². The summed E-state index contributed by atoms with van der Waals surface area (Å²) in [5, 5.41) is 12.4. The largest absolute Gasteiger partial charge is 0.352 e. The monoisotopic (exact) mass is 336 g/mol. The SMILES string of the molecule is Cn1cnc2ncnc(N3CCN(c4ccc5nncn5n4)CC3)c21. The van der Waals surface area contributed by atoms with Gasteiger partial charge in [-0.05, 0) is 12.1 Å². The number of imidazole rings is 1.